The molecule has 0 aliphatic carbocycles. The summed E-state index contributed by atoms with van der Waals surface area (Å²) in [6.07, 6.45) is 5.15. The van der Waals surface area contributed by atoms with Gasteiger partial charge in [0.25, 0.3) is 0 Å². The molecule has 8 nitrogen and oxygen atoms in total. The lowest BCUT2D eigenvalue weighted by atomic mass is 10.2. The number of rotatable bonds is 14. The van der Waals surface area contributed by atoms with E-state index < -0.39 is 13.7 Å². The largest absolute Gasteiger partial charge is 0.448 e. The average molecular weight is 384 g/mol. The van der Waals surface area contributed by atoms with Crippen molar-refractivity contribution in [3.05, 3.63) is 0 Å². The number of hydrogen-bond donors (Lipinski definition) is 3. The van der Waals surface area contributed by atoms with Gasteiger partial charge in [-0.3, -0.25) is 9.36 Å². The van der Waals surface area contributed by atoms with Crippen molar-refractivity contribution in [1.82, 2.24) is 10.6 Å². The van der Waals surface area contributed by atoms with E-state index >= 15 is 0 Å². The monoisotopic (exact) mass is 384 g/mol. The van der Waals surface area contributed by atoms with E-state index in [0.717, 1.165) is 31.7 Å². The maximum Gasteiger partial charge on any atom is 0.407 e. The Kier molecular flexibility index (Phi) is 14.1. The molecule has 0 spiro atoms. The first-order valence-corrected chi connectivity index (χ1v) is 11.4. The molecular formula is C14H29N2O6PS. The Morgan fingerprint density at radius 3 is 2.46 bits per heavy atom. The Morgan fingerprint density at radius 1 is 1.08 bits per heavy atom. The maximum atomic E-state index is 11.4. The minimum absolute atomic E-state index is 0.0436. The van der Waals surface area contributed by atoms with E-state index in [0.29, 0.717) is 25.9 Å². The quantitative estimate of drug-likeness (QED) is 0.310. The zero-order chi connectivity index (χ0) is 18.3. The lowest BCUT2D eigenvalue weighted by Gasteiger charge is -2.08. The molecule has 0 bridgehead atoms. The van der Waals surface area contributed by atoms with Gasteiger partial charge >= 0.3 is 13.7 Å². The molecule has 0 aliphatic rings. The van der Waals surface area contributed by atoms with Gasteiger partial charge in [-0.25, -0.2) is 4.79 Å². The number of unbranched alkanes of at least 4 members (excludes halogenated alkanes) is 3. The predicted octanol–water partition coefficient (Wildman–Crippen LogP) is 1.97. The van der Waals surface area contributed by atoms with Gasteiger partial charge in [-0.2, -0.15) is 11.8 Å². The standard InChI is InChI=1S/C14H29N2O6PS/c1-23(19,20)22-10-6-4-3-5-8-16-14(18)21-11-9-15-13(17)7-12-24-2/h3-12H2,1-2H3,(H,15,17)(H,16,18)(H,19,20). The lowest BCUT2D eigenvalue weighted by Crippen LogP contribution is -2.31. The van der Waals surface area contributed by atoms with Crippen LogP contribution in [0.15, 0.2) is 0 Å². The van der Waals surface area contributed by atoms with Crippen LogP contribution >= 0.6 is 19.4 Å². The fraction of sp³-hybridized carbons (Fsp3) is 0.857. The summed E-state index contributed by atoms with van der Waals surface area (Å²) in [5.74, 6) is 0.731. The molecule has 0 aliphatic heterocycles. The number of nitrogens with one attached hydrogen (secondary N) is 2. The molecule has 0 fully saturated rings. The Morgan fingerprint density at radius 2 is 1.79 bits per heavy atom. The molecule has 0 heterocycles. The van der Waals surface area contributed by atoms with Crippen molar-refractivity contribution in [2.24, 2.45) is 0 Å². The van der Waals surface area contributed by atoms with Crippen LogP contribution in [0.4, 0.5) is 4.79 Å². The molecule has 0 aromatic carbocycles. The predicted molar refractivity (Wildman–Crippen MR) is 95.5 cm³/mol. The van der Waals surface area contributed by atoms with Crippen molar-refractivity contribution in [3.8, 4) is 0 Å². The second-order valence-electron chi connectivity index (χ2n) is 5.21. The van der Waals surface area contributed by atoms with Gasteiger partial charge in [-0.05, 0) is 19.1 Å². The van der Waals surface area contributed by atoms with Crippen LogP contribution in [0.1, 0.15) is 32.1 Å². The van der Waals surface area contributed by atoms with Gasteiger partial charge in [-0.15, -0.1) is 0 Å². The number of alkyl carbamates (subject to hydrolysis) is 1. The van der Waals surface area contributed by atoms with Crippen molar-refractivity contribution >= 4 is 31.4 Å². The van der Waals surface area contributed by atoms with Crippen LogP contribution in [0, 0.1) is 0 Å². The van der Waals surface area contributed by atoms with Crippen molar-refractivity contribution in [3.63, 3.8) is 0 Å². The summed E-state index contributed by atoms with van der Waals surface area (Å²) in [7, 11) is -3.37. The molecule has 0 aromatic rings. The number of thioether (sulfide) groups is 1. The third-order valence-electron chi connectivity index (χ3n) is 2.86. The molecule has 2 amide bonds. The highest BCUT2D eigenvalue weighted by molar-refractivity contribution is 7.98. The van der Waals surface area contributed by atoms with Gasteiger partial charge in [-0.1, -0.05) is 12.8 Å². The first-order valence-electron chi connectivity index (χ1n) is 7.96. The molecule has 1 unspecified atom stereocenters. The first-order chi connectivity index (χ1) is 11.3. The lowest BCUT2D eigenvalue weighted by molar-refractivity contribution is -0.120. The average Bonchev–Trinajstić information content (AvgIpc) is 2.51. The summed E-state index contributed by atoms with van der Waals surface area (Å²) in [4.78, 5) is 31.6. The van der Waals surface area contributed by atoms with Gasteiger partial charge in [0.15, 0.2) is 0 Å². The van der Waals surface area contributed by atoms with Crippen molar-refractivity contribution in [2.75, 3.05) is 45.0 Å². The van der Waals surface area contributed by atoms with Crippen LogP contribution in [-0.4, -0.2) is 61.9 Å². The SMILES string of the molecule is CSCCC(=O)NCCOC(=O)NCCCCCCOP(C)(=O)O. The Balaban J connectivity index is 3.35. The van der Waals surface area contributed by atoms with Gasteiger partial charge in [0, 0.05) is 25.4 Å². The third kappa shape index (κ3) is 17.6. The molecule has 0 radical (unpaired) electrons. The van der Waals surface area contributed by atoms with Crippen LogP contribution in [0.5, 0.6) is 0 Å². The highest BCUT2D eigenvalue weighted by Crippen LogP contribution is 2.36. The van der Waals surface area contributed by atoms with Crippen molar-refractivity contribution < 1.29 is 28.3 Å². The molecule has 0 rings (SSSR count). The number of carbonyl (C=O) groups excluding carboxylic acids is 2. The molecule has 1 atom stereocenters. The minimum atomic E-state index is -3.37. The number of hydrogen-bond acceptors (Lipinski definition) is 6. The highest BCUT2D eigenvalue weighted by Gasteiger charge is 2.08. The fourth-order valence-electron chi connectivity index (χ4n) is 1.67. The number of ether oxygens (including phenoxy) is 1. The molecule has 10 heteroatoms. The molecule has 0 saturated carbocycles. The molecular weight excluding hydrogens is 355 g/mol. The summed E-state index contributed by atoms with van der Waals surface area (Å²) in [6.45, 7) is 2.39. The fourth-order valence-corrected chi connectivity index (χ4v) is 2.53. The normalized spacial score (nSPS) is 13.1. The minimum Gasteiger partial charge on any atom is -0.448 e. The van der Waals surface area contributed by atoms with E-state index in [1.54, 1.807) is 11.8 Å². The van der Waals surface area contributed by atoms with E-state index in [2.05, 4.69) is 10.6 Å². The molecule has 24 heavy (non-hydrogen) atoms. The smallest absolute Gasteiger partial charge is 0.407 e. The third-order valence-corrected chi connectivity index (χ3v) is 4.14. The van der Waals surface area contributed by atoms with Crippen LogP contribution in [0.3, 0.4) is 0 Å². The molecule has 142 valence electrons. The maximum absolute atomic E-state index is 11.4. The van der Waals surface area contributed by atoms with E-state index in [-0.39, 0.29) is 19.1 Å². The van der Waals surface area contributed by atoms with E-state index in [4.69, 9.17) is 14.2 Å². The number of carbonyl (C=O) groups is 2. The van der Waals surface area contributed by atoms with E-state index in [9.17, 15) is 14.2 Å². The zero-order valence-electron chi connectivity index (χ0n) is 14.4. The van der Waals surface area contributed by atoms with Crippen molar-refractivity contribution in [1.29, 1.82) is 0 Å². The molecule has 3 N–H and O–H groups in total. The van der Waals surface area contributed by atoms with Gasteiger partial charge in [0.1, 0.15) is 6.61 Å². The van der Waals surface area contributed by atoms with Crippen molar-refractivity contribution in [2.45, 2.75) is 32.1 Å². The summed E-state index contributed by atoms with van der Waals surface area (Å²) >= 11 is 1.61. The van der Waals surface area contributed by atoms with Gasteiger partial charge < -0.3 is 24.8 Å². The van der Waals surface area contributed by atoms with Crippen LogP contribution < -0.4 is 10.6 Å². The number of amides is 2. The van der Waals surface area contributed by atoms with Crippen LogP contribution in [-0.2, 0) is 18.6 Å². The summed E-state index contributed by atoms with van der Waals surface area (Å²) in [5.41, 5.74) is 0. The summed E-state index contributed by atoms with van der Waals surface area (Å²) in [6, 6.07) is 0. The summed E-state index contributed by atoms with van der Waals surface area (Å²) < 4.78 is 20.6. The Hall–Kier alpha value is -0.760. The summed E-state index contributed by atoms with van der Waals surface area (Å²) in [5, 5.41) is 5.30. The second-order valence-corrected chi connectivity index (χ2v) is 8.06. The topological polar surface area (TPSA) is 114 Å². The molecule has 0 aromatic heterocycles. The highest BCUT2D eigenvalue weighted by atomic mass is 32.2. The van der Waals surface area contributed by atoms with Crippen LogP contribution in [0.25, 0.3) is 0 Å². The molecule has 0 saturated heterocycles. The zero-order valence-corrected chi connectivity index (χ0v) is 16.1. The Labute approximate surface area is 148 Å². The van der Waals surface area contributed by atoms with Crippen LogP contribution in [0.2, 0.25) is 0 Å². The van der Waals surface area contributed by atoms with Gasteiger partial charge in [0.2, 0.25) is 5.91 Å². The van der Waals surface area contributed by atoms with E-state index in [1.807, 2.05) is 6.26 Å². The first kappa shape index (κ1) is 23.2. The van der Waals surface area contributed by atoms with E-state index in [1.165, 1.54) is 0 Å². The van der Waals surface area contributed by atoms with Gasteiger partial charge in [0.05, 0.1) is 13.2 Å². The second kappa shape index (κ2) is 14.6. The Bertz CT molecular complexity index is 405.